The fraction of sp³-hybridized carbons (Fsp3) is 0.500. The van der Waals surface area contributed by atoms with E-state index in [1.807, 2.05) is 24.6 Å². The van der Waals surface area contributed by atoms with Gasteiger partial charge in [-0.15, -0.1) is 0 Å². The average Bonchev–Trinajstić information content (AvgIpc) is 2.74. The minimum Gasteiger partial charge on any atom is -0.396 e. The molecule has 0 saturated carbocycles. The van der Waals surface area contributed by atoms with E-state index in [0.717, 1.165) is 35.7 Å². The Hall–Kier alpha value is -1.76. The standard InChI is InChI=1S/C18H24FN3O2/c1-13-7-14(2)22(20-13)18-4-3-17(19)8-16(18)10-21-5-6-24-12-15(9-21)11-23/h3-4,7-8,15,23H,5-6,9-12H2,1-2H3/t15-/m1/s1. The topological polar surface area (TPSA) is 50.5 Å². The zero-order valence-corrected chi connectivity index (χ0v) is 14.2. The summed E-state index contributed by atoms with van der Waals surface area (Å²) in [5, 5.41) is 14.0. The van der Waals surface area contributed by atoms with Crippen molar-refractivity contribution in [2.75, 3.05) is 32.9 Å². The Morgan fingerprint density at radius 3 is 2.88 bits per heavy atom. The van der Waals surface area contributed by atoms with Gasteiger partial charge in [-0.2, -0.15) is 5.10 Å². The molecule has 1 aliphatic heterocycles. The Labute approximate surface area is 141 Å². The first kappa shape index (κ1) is 17.1. The maximum absolute atomic E-state index is 13.8. The highest BCUT2D eigenvalue weighted by Gasteiger charge is 2.20. The molecule has 3 rings (SSSR count). The van der Waals surface area contributed by atoms with Gasteiger partial charge in [0.1, 0.15) is 5.82 Å². The van der Waals surface area contributed by atoms with E-state index in [1.165, 1.54) is 6.07 Å². The summed E-state index contributed by atoms with van der Waals surface area (Å²) < 4.78 is 21.2. The molecular weight excluding hydrogens is 309 g/mol. The predicted molar refractivity (Wildman–Crippen MR) is 89.7 cm³/mol. The molecule has 1 aromatic heterocycles. The average molecular weight is 333 g/mol. The number of benzene rings is 1. The Balaban J connectivity index is 1.89. The summed E-state index contributed by atoms with van der Waals surface area (Å²) in [4.78, 5) is 2.21. The molecule has 0 spiro atoms. The van der Waals surface area contributed by atoms with Gasteiger partial charge in [-0.1, -0.05) is 0 Å². The number of halogens is 1. The molecule has 0 unspecified atom stereocenters. The molecule has 24 heavy (non-hydrogen) atoms. The van der Waals surface area contributed by atoms with Gasteiger partial charge in [0.25, 0.3) is 0 Å². The molecule has 0 amide bonds. The number of ether oxygens (including phenoxy) is 1. The molecule has 1 aliphatic rings. The molecule has 1 fully saturated rings. The first-order valence-corrected chi connectivity index (χ1v) is 8.30. The van der Waals surface area contributed by atoms with Crippen LogP contribution in [0, 0.1) is 25.6 Å². The first-order chi connectivity index (χ1) is 11.6. The van der Waals surface area contributed by atoms with Crippen molar-refractivity contribution in [3.63, 3.8) is 0 Å². The van der Waals surface area contributed by atoms with E-state index < -0.39 is 0 Å². The Kier molecular flexibility index (Phi) is 5.28. The minimum absolute atomic E-state index is 0.0955. The van der Waals surface area contributed by atoms with Crippen LogP contribution in [0.1, 0.15) is 17.0 Å². The second-order valence-corrected chi connectivity index (χ2v) is 6.47. The highest BCUT2D eigenvalue weighted by atomic mass is 19.1. The van der Waals surface area contributed by atoms with Gasteiger partial charge in [0.2, 0.25) is 0 Å². The van der Waals surface area contributed by atoms with Crippen LogP contribution in [0.15, 0.2) is 24.3 Å². The summed E-state index contributed by atoms with van der Waals surface area (Å²) in [7, 11) is 0. The van der Waals surface area contributed by atoms with Crippen molar-refractivity contribution in [1.29, 1.82) is 0 Å². The molecule has 0 radical (unpaired) electrons. The fourth-order valence-corrected chi connectivity index (χ4v) is 3.21. The molecule has 5 nitrogen and oxygen atoms in total. The molecule has 6 heteroatoms. The number of aliphatic hydroxyl groups excluding tert-OH is 1. The van der Waals surface area contributed by atoms with Crippen molar-refractivity contribution in [1.82, 2.24) is 14.7 Å². The highest BCUT2D eigenvalue weighted by Crippen LogP contribution is 2.21. The lowest BCUT2D eigenvalue weighted by Gasteiger charge is -2.23. The van der Waals surface area contributed by atoms with Crippen molar-refractivity contribution >= 4 is 0 Å². The number of rotatable bonds is 4. The quantitative estimate of drug-likeness (QED) is 0.931. The summed E-state index contributed by atoms with van der Waals surface area (Å²) in [5.74, 6) is -0.154. The van der Waals surface area contributed by atoms with Crippen LogP contribution in [0.5, 0.6) is 0 Å². The van der Waals surface area contributed by atoms with Crippen molar-refractivity contribution < 1.29 is 14.2 Å². The van der Waals surface area contributed by atoms with Crippen LogP contribution in [0.4, 0.5) is 4.39 Å². The van der Waals surface area contributed by atoms with Gasteiger partial charge in [-0.25, -0.2) is 9.07 Å². The lowest BCUT2D eigenvalue weighted by Crippen LogP contribution is -2.31. The number of aromatic nitrogens is 2. The van der Waals surface area contributed by atoms with E-state index in [0.29, 0.717) is 19.8 Å². The van der Waals surface area contributed by atoms with Crippen LogP contribution in [0.2, 0.25) is 0 Å². The maximum atomic E-state index is 13.8. The zero-order valence-electron chi connectivity index (χ0n) is 14.2. The number of nitrogens with zero attached hydrogens (tertiary/aromatic N) is 3. The van der Waals surface area contributed by atoms with E-state index in [4.69, 9.17) is 4.74 Å². The summed E-state index contributed by atoms with van der Waals surface area (Å²) in [6.45, 7) is 7.35. The van der Waals surface area contributed by atoms with Gasteiger partial charge < -0.3 is 9.84 Å². The van der Waals surface area contributed by atoms with Crippen LogP contribution < -0.4 is 0 Å². The van der Waals surface area contributed by atoms with Crippen molar-refractivity contribution in [3.8, 4) is 5.69 Å². The summed E-state index contributed by atoms with van der Waals surface area (Å²) in [6, 6.07) is 6.83. The SMILES string of the molecule is Cc1cc(C)n(-c2ccc(F)cc2CN2CCOC[C@@H](CO)C2)n1. The molecule has 0 bridgehead atoms. The first-order valence-electron chi connectivity index (χ1n) is 8.30. The van der Waals surface area contributed by atoms with E-state index in [9.17, 15) is 9.50 Å². The summed E-state index contributed by atoms with van der Waals surface area (Å²) in [6.07, 6.45) is 0. The fourth-order valence-electron chi connectivity index (χ4n) is 3.21. The molecule has 1 atom stereocenters. The normalized spacial score (nSPS) is 19.4. The lowest BCUT2D eigenvalue weighted by atomic mass is 10.1. The number of aryl methyl sites for hydroxylation is 2. The maximum Gasteiger partial charge on any atom is 0.123 e. The van der Waals surface area contributed by atoms with Crippen LogP contribution >= 0.6 is 0 Å². The van der Waals surface area contributed by atoms with Gasteiger partial charge >= 0.3 is 0 Å². The number of hydrogen-bond donors (Lipinski definition) is 1. The molecule has 130 valence electrons. The number of hydrogen-bond acceptors (Lipinski definition) is 4. The van der Waals surface area contributed by atoms with Crippen LogP contribution in [0.3, 0.4) is 0 Å². The Morgan fingerprint density at radius 2 is 2.17 bits per heavy atom. The van der Waals surface area contributed by atoms with Gasteiger partial charge in [0.05, 0.1) is 24.6 Å². The third-order valence-corrected chi connectivity index (χ3v) is 4.35. The Bertz CT molecular complexity index is 702. The summed E-state index contributed by atoms with van der Waals surface area (Å²) in [5.41, 5.74) is 3.74. The molecular formula is C18H24FN3O2. The van der Waals surface area contributed by atoms with E-state index in [-0.39, 0.29) is 18.3 Å². The molecule has 2 aromatic rings. The van der Waals surface area contributed by atoms with E-state index >= 15 is 0 Å². The highest BCUT2D eigenvalue weighted by molar-refractivity contribution is 5.42. The third kappa shape index (κ3) is 3.83. The molecule has 1 N–H and O–H groups in total. The van der Waals surface area contributed by atoms with E-state index in [1.54, 1.807) is 12.1 Å². The largest absolute Gasteiger partial charge is 0.396 e. The predicted octanol–water partition coefficient (Wildman–Crippen LogP) is 2.07. The monoisotopic (exact) mass is 333 g/mol. The smallest absolute Gasteiger partial charge is 0.123 e. The van der Waals surface area contributed by atoms with Crippen LogP contribution in [-0.4, -0.2) is 52.7 Å². The molecule has 0 aliphatic carbocycles. The molecule has 2 heterocycles. The van der Waals surface area contributed by atoms with Crippen molar-refractivity contribution in [2.24, 2.45) is 5.92 Å². The lowest BCUT2D eigenvalue weighted by molar-refractivity contribution is 0.0958. The van der Waals surface area contributed by atoms with Crippen molar-refractivity contribution in [2.45, 2.75) is 20.4 Å². The third-order valence-electron chi connectivity index (χ3n) is 4.35. The second-order valence-electron chi connectivity index (χ2n) is 6.47. The Morgan fingerprint density at radius 1 is 1.33 bits per heavy atom. The molecule has 1 aromatic carbocycles. The second kappa shape index (κ2) is 7.42. The summed E-state index contributed by atoms with van der Waals surface area (Å²) >= 11 is 0. The van der Waals surface area contributed by atoms with Crippen LogP contribution in [-0.2, 0) is 11.3 Å². The van der Waals surface area contributed by atoms with Gasteiger partial charge in [-0.3, -0.25) is 4.90 Å². The van der Waals surface area contributed by atoms with Gasteiger partial charge in [-0.05, 0) is 43.7 Å². The van der Waals surface area contributed by atoms with Gasteiger partial charge in [0, 0.05) is 37.9 Å². The number of aliphatic hydroxyl groups is 1. The van der Waals surface area contributed by atoms with Gasteiger partial charge in [0.15, 0.2) is 0 Å². The minimum atomic E-state index is -0.250. The van der Waals surface area contributed by atoms with Crippen LogP contribution in [0.25, 0.3) is 5.69 Å². The molecule has 1 saturated heterocycles. The van der Waals surface area contributed by atoms with E-state index in [2.05, 4.69) is 10.00 Å². The van der Waals surface area contributed by atoms with Crippen molar-refractivity contribution in [3.05, 3.63) is 47.0 Å². The zero-order chi connectivity index (χ0) is 17.1.